The molecule has 5 rings (SSSR count). The molecule has 0 spiro atoms. The number of nitrogens with one attached hydrogen (secondary N) is 1. The summed E-state index contributed by atoms with van der Waals surface area (Å²) in [5.74, 6) is 2.11. The molecule has 10 heteroatoms. The maximum Gasteiger partial charge on any atom is 0.234 e. The molecule has 35 heavy (non-hydrogen) atoms. The maximum atomic E-state index is 12.6. The van der Waals surface area contributed by atoms with E-state index in [1.807, 2.05) is 53.1 Å². The highest BCUT2D eigenvalue weighted by molar-refractivity contribution is 7.99. The summed E-state index contributed by atoms with van der Waals surface area (Å²) in [6.07, 6.45) is 1.37. The molecule has 1 unspecified atom stereocenters. The van der Waals surface area contributed by atoms with Crippen LogP contribution in [0.4, 0.5) is 11.4 Å². The number of allylic oxidation sites excluding steroid dienone is 1. The summed E-state index contributed by atoms with van der Waals surface area (Å²) in [6, 6.07) is 15.4. The Hall–Kier alpha value is -3.50. The second-order valence-electron chi connectivity index (χ2n) is 8.09. The predicted molar refractivity (Wildman–Crippen MR) is 134 cm³/mol. The molecule has 1 amide bonds. The SMILES string of the molecule is C=CCn1c(SCC(=O)Nc2ccc(N3CCOCC3)cc2)nnc1C1COc2ccccc2O1. The first-order valence-corrected chi connectivity index (χ1v) is 12.5. The summed E-state index contributed by atoms with van der Waals surface area (Å²) in [5.41, 5.74) is 1.88. The second-order valence-corrected chi connectivity index (χ2v) is 9.03. The molecular formula is C25H27N5O4S. The number of fused-ring (bicyclic) bond motifs is 1. The minimum absolute atomic E-state index is 0.116. The standard InChI is InChI=1S/C25H27N5O4S/c1-2-11-30-24(22-16-33-20-5-3-4-6-21(20)34-22)27-28-25(30)35-17-23(31)26-18-7-9-19(10-8-18)29-12-14-32-15-13-29/h2-10,22H,1,11-17H2,(H,26,31). The van der Waals surface area contributed by atoms with Crippen LogP contribution in [0.25, 0.3) is 0 Å². The number of carbonyl (C=O) groups is 1. The third-order valence-corrected chi connectivity index (χ3v) is 6.68. The van der Waals surface area contributed by atoms with Crippen molar-refractivity contribution < 1.29 is 19.0 Å². The Balaban J connectivity index is 1.20. The van der Waals surface area contributed by atoms with E-state index in [-0.39, 0.29) is 11.7 Å². The Labute approximate surface area is 208 Å². The van der Waals surface area contributed by atoms with Crippen molar-refractivity contribution >= 4 is 29.0 Å². The number of amides is 1. The first kappa shape index (κ1) is 23.3. The Morgan fingerprint density at radius 3 is 2.66 bits per heavy atom. The lowest BCUT2D eigenvalue weighted by Gasteiger charge is -2.28. The highest BCUT2D eigenvalue weighted by atomic mass is 32.2. The summed E-state index contributed by atoms with van der Waals surface area (Å²) in [5, 5.41) is 12.2. The fourth-order valence-electron chi connectivity index (χ4n) is 4.00. The van der Waals surface area contributed by atoms with Gasteiger partial charge < -0.3 is 24.4 Å². The molecule has 1 N–H and O–H groups in total. The molecule has 1 fully saturated rings. The lowest BCUT2D eigenvalue weighted by molar-refractivity contribution is -0.113. The zero-order valence-corrected chi connectivity index (χ0v) is 20.1. The van der Waals surface area contributed by atoms with Crippen molar-refractivity contribution in [2.45, 2.75) is 17.8 Å². The van der Waals surface area contributed by atoms with Crippen LogP contribution in [0.2, 0.25) is 0 Å². The number of thioether (sulfide) groups is 1. The van der Waals surface area contributed by atoms with Gasteiger partial charge in [-0.15, -0.1) is 16.8 Å². The van der Waals surface area contributed by atoms with E-state index in [2.05, 4.69) is 27.0 Å². The van der Waals surface area contributed by atoms with Crippen molar-refractivity contribution in [1.29, 1.82) is 0 Å². The first-order valence-electron chi connectivity index (χ1n) is 11.5. The van der Waals surface area contributed by atoms with Gasteiger partial charge in [-0.05, 0) is 36.4 Å². The summed E-state index contributed by atoms with van der Waals surface area (Å²) >= 11 is 1.32. The Morgan fingerprint density at radius 1 is 1.11 bits per heavy atom. The van der Waals surface area contributed by atoms with Gasteiger partial charge in [-0.1, -0.05) is 30.0 Å². The summed E-state index contributed by atoms with van der Waals surface area (Å²) < 4.78 is 19.2. The normalized spacial score (nSPS) is 17.1. The van der Waals surface area contributed by atoms with E-state index < -0.39 is 6.10 Å². The van der Waals surface area contributed by atoms with Crippen LogP contribution in [0.5, 0.6) is 11.5 Å². The van der Waals surface area contributed by atoms with Gasteiger partial charge in [0.05, 0.1) is 19.0 Å². The van der Waals surface area contributed by atoms with Crippen molar-refractivity contribution in [3.05, 3.63) is 67.0 Å². The monoisotopic (exact) mass is 493 g/mol. The van der Waals surface area contributed by atoms with E-state index >= 15 is 0 Å². The number of carbonyl (C=O) groups excluding carboxylic acids is 1. The molecular weight excluding hydrogens is 466 g/mol. The van der Waals surface area contributed by atoms with Crippen molar-refractivity contribution in [3.8, 4) is 11.5 Å². The van der Waals surface area contributed by atoms with E-state index in [1.165, 1.54) is 11.8 Å². The predicted octanol–water partition coefficient (Wildman–Crippen LogP) is 3.54. The molecule has 2 aliphatic rings. The van der Waals surface area contributed by atoms with E-state index in [0.29, 0.717) is 35.6 Å². The van der Waals surface area contributed by atoms with Crippen molar-refractivity contribution in [2.75, 3.05) is 48.9 Å². The molecule has 182 valence electrons. The number of anilines is 2. The van der Waals surface area contributed by atoms with Crippen LogP contribution in [0.15, 0.2) is 66.3 Å². The molecule has 0 saturated carbocycles. The molecule has 2 aliphatic heterocycles. The first-order chi connectivity index (χ1) is 17.2. The Kier molecular flexibility index (Phi) is 7.20. The molecule has 2 aromatic carbocycles. The lowest BCUT2D eigenvalue weighted by atomic mass is 10.2. The highest BCUT2D eigenvalue weighted by Gasteiger charge is 2.28. The third kappa shape index (κ3) is 5.44. The minimum Gasteiger partial charge on any atom is -0.485 e. The fourth-order valence-corrected chi connectivity index (χ4v) is 4.75. The van der Waals surface area contributed by atoms with Crippen LogP contribution in [0, 0.1) is 0 Å². The number of para-hydroxylation sites is 2. The van der Waals surface area contributed by atoms with Crippen LogP contribution < -0.4 is 19.7 Å². The van der Waals surface area contributed by atoms with Crippen LogP contribution in [0.1, 0.15) is 11.9 Å². The van der Waals surface area contributed by atoms with E-state index in [9.17, 15) is 4.79 Å². The number of aromatic nitrogens is 3. The summed E-state index contributed by atoms with van der Waals surface area (Å²) in [4.78, 5) is 14.9. The Bertz CT molecular complexity index is 1180. The molecule has 0 aliphatic carbocycles. The van der Waals surface area contributed by atoms with Crippen LogP contribution in [0.3, 0.4) is 0 Å². The molecule has 3 aromatic rings. The largest absolute Gasteiger partial charge is 0.485 e. The quantitative estimate of drug-likeness (QED) is 0.376. The maximum absolute atomic E-state index is 12.6. The smallest absolute Gasteiger partial charge is 0.234 e. The molecule has 1 aromatic heterocycles. The molecule has 1 saturated heterocycles. The summed E-state index contributed by atoms with van der Waals surface area (Å²) in [6.45, 7) is 7.90. The molecule has 3 heterocycles. The third-order valence-electron chi connectivity index (χ3n) is 5.71. The zero-order chi connectivity index (χ0) is 24.0. The Morgan fingerprint density at radius 2 is 1.89 bits per heavy atom. The van der Waals surface area contributed by atoms with Gasteiger partial charge in [-0.2, -0.15) is 0 Å². The number of hydrogen-bond donors (Lipinski definition) is 1. The van der Waals surface area contributed by atoms with Crippen molar-refractivity contribution in [1.82, 2.24) is 14.8 Å². The van der Waals surface area contributed by atoms with Gasteiger partial charge in [-0.3, -0.25) is 9.36 Å². The lowest BCUT2D eigenvalue weighted by Crippen LogP contribution is -2.36. The minimum atomic E-state index is -0.398. The average Bonchev–Trinajstić information content (AvgIpc) is 3.31. The second kappa shape index (κ2) is 10.8. The topological polar surface area (TPSA) is 90.7 Å². The number of hydrogen-bond acceptors (Lipinski definition) is 8. The number of ether oxygens (including phenoxy) is 3. The number of morpholine rings is 1. The molecule has 1 atom stereocenters. The van der Waals surface area contributed by atoms with Crippen molar-refractivity contribution in [2.24, 2.45) is 0 Å². The van der Waals surface area contributed by atoms with Crippen LogP contribution in [-0.2, 0) is 16.1 Å². The summed E-state index contributed by atoms with van der Waals surface area (Å²) in [7, 11) is 0. The highest BCUT2D eigenvalue weighted by Crippen LogP contribution is 2.36. The van der Waals surface area contributed by atoms with E-state index in [0.717, 1.165) is 37.7 Å². The average molecular weight is 494 g/mol. The zero-order valence-electron chi connectivity index (χ0n) is 19.3. The molecule has 0 radical (unpaired) electrons. The van der Waals surface area contributed by atoms with Gasteiger partial charge in [0.15, 0.2) is 28.6 Å². The van der Waals surface area contributed by atoms with E-state index in [1.54, 1.807) is 6.08 Å². The fraction of sp³-hybridized carbons (Fsp3) is 0.320. The van der Waals surface area contributed by atoms with Gasteiger partial charge in [0, 0.05) is 31.0 Å². The van der Waals surface area contributed by atoms with Crippen LogP contribution >= 0.6 is 11.8 Å². The number of benzene rings is 2. The number of nitrogens with zero attached hydrogens (tertiary/aromatic N) is 4. The van der Waals surface area contributed by atoms with Gasteiger partial charge in [0.25, 0.3) is 0 Å². The van der Waals surface area contributed by atoms with Gasteiger partial charge in [0.1, 0.15) is 6.61 Å². The van der Waals surface area contributed by atoms with E-state index in [4.69, 9.17) is 14.2 Å². The molecule has 9 nitrogen and oxygen atoms in total. The van der Waals surface area contributed by atoms with Crippen molar-refractivity contribution in [3.63, 3.8) is 0 Å². The van der Waals surface area contributed by atoms with Gasteiger partial charge in [-0.25, -0.2) is 0 Å². The number of rotatable bonds is 8. The van der Waals surface area contributed by atoms with Crippen LogP contribution in [-0.4, -0.2) is 59.3 Å². The van der Waals surface area contributed by atoms with Gasteiger partial charge >= 0.3 is 0 Å². The van der Waals surface area contributed by atoms with Gasteiger partial charge in [0.2, 0.25) is 5.91 Å². The molecule has 0 bridgehead atoms.